The van der Waals surface area contributed by atoms with Crippen molar-refractivity contribution in [3.63, 3.8) is 0 Å². The van der Waals surface area contributed by atoms with E-state index in [9.17, 15) is 9.59 Å². The Morgan fingerprint density at radius 2 is 1.93 bits per heavy atom. The van der Waals surface area contributed by atoms with Crippen LogP contribution in [0.4, 0.5) is 0 Å². The highest BCUT2D eigenvalue weighted by Crippen LogP contribution is 2.29. The molecule has 1 saturated heterocycles. The van der Waals surface area contributed by atoms with Crippen LogP contribution in [0.5, 0.6) is 0 Å². The van der Waals surface area contributed by atoms with Crippen LogP contribution >= 0.6 is 0 Å². The lowest BCUT2D eigenvalue weighted by atomic mass is 10.1. The lowest BCUT2D eigenvalue weighted by Gasteiger charge is -2.15. The molecule has 10 nitrogen and oxygen atoms in total. The Bertz CT molecular complexity index is 1020. The summed E-state index contributed by atoms with van der Waals surface area (Å²) in [5, 5.41) is 21.4. The van der Waals surface area contributed by atoms with E-state index < -0.39 is 5.97 Å². The van der Waals surface area contributed by atoms with Gasteiger partial charge >= 0.3 is 5.97 Å². The minimum Gasteiger partial charge on any atom is -0.478 e. The molecule has 0 saturated carbocycles. The van der Waals surface area contributed by atoms with Crippen LogP contribution in [0.25, 0.3) is 11.4 Å². The summed E-state index contributed by atoms with van der Waals surface area (Å²) in [4.78, 5) is 29.6. The molecule has 1 aliphatic rings. The maximum Gasteiger partial charge on any atom is 0.337 e. The Morgan fingerprint density at radius 1 is 1.11 bits per heavy atom. The summed E-state index contributed by atoms with van der Waals surface area (Å²) in [7, 11) is 1.78. The number of aryl methyl sites for hydroxylation is 1. The van der Waals surface area contributed by atoms with Crippen LogP contribution in [0, 0.1) is 5.92 Å². The van der Waals surface area contributed by atoms with E-state index in [4.69, 9.17) is 5.11 Å². The summed E-state index contributed by atoms with van der Waals surface area (Å²) >= 11 is 0. The van der Waals surface area contributed by atoms with Gasteiger partial charge in [-0.05, 0) is 18.1 Å². The molecule has 4 rings (SSSR count). The molecule has 4 heterocycles. The molecule has 0 unspecified atom stereocenters. The molecule has 3 aromatic heterocycles. The summed E-state index contributed by atoms with van der Waals surface area (Å²) in [6, 6.07) is 3.09. The highest BCUT2D eigenvalue weighted by Gasteiger charge is 2.35. The van der Waals surface area contributed by atoms with Gasteiger partial charge in [0.2, 0.25) is 0 Å². The van der Waals surface area contributed by atoms with Crippen LogP contribution in [0.2, 0.25) is 0 Å². The van der Waals surface area contributed by atoms with Crippen LogP contribution in [0.1, 0.15) is 33.7 Å². The number of carboxylic acids is 1. The SMILES string of the molecule is C[C@@H]1CN(C(=O)c2cnn(C)c2)C[C@@H]1n1cc(-c2ccc(C(=O)O)cn2)nn1. The number of nitrogens with zero attached hydrogens (tertiary/aromatic N) is 7. The lowest BCUT2D eigenvalue weighted by Crippen LogP contribution is -2.29. The number of aromatic nitrogens is 6. The lowest BCUT2D eigenvalue weighted by molar-refractivity contribution is 0.0695. The van der Waals surface area contributed by atoms with Gasteiger partial charge in [0.1, 0.15) is 5.69 Å². The van der Waals surface area contributed by atoms with Crippen LogP contribution in [-0.4, -0.2) is 64.7 Å². The third-order valence-corrected chi connectivity index (χ3v) is 4.93. The van der Waals surface area contributed by atoms with Crippen LogP contribution in [0.3, 0.4) is 0 Å². The number of carboxylic acid groups (broad SMARTS) is 1. The molecule has 2 atom stereocenters. The topological polar surface area (TPSA) is 119 Å². The van der Waals surface area contributed by atoms with Crippen molar-refractivity contribution in [1.29, 1.82) is 0 Å². The first-order valence-electron chi connectivity index (χ1n) is 8.82. The predicted octanol–water partition coefficient (Wildman–Crippen LogP) is 1.10. The van der Waals surface area contributed by atoms with Crippen molar-refractivity contribution in [2.75, 3.05) is 13.1 Å². The van der Waals surface area contributed by atoms with Gasteiger partial charge in [-0.25, -0.2) is 9.48 Å². The zero-order valence-corrected chi connectivity index (χ0v) is 15.4. The Morgan fingerprint density at radius 3 is 2.57 bits per heavy atom. The first-order valence-corrected chi connectivity index (χ1v) is 8.82. The van der Waals surface area contributed by atoms with Crippen molar-refractivity contribution in [1.82, 2.24) is 34.7 Å². The van der Waals surface area contributed by atoms with Gasteiger partial charge in [0.05, 0.1) is 35.3 Å². The van der Waals surface area contributed by atoms with Gasteiger partial charge in [-0.2, -0.15) is 5.10 Å². The van der Waals surface area contributed by atoms with Gasteiger partial charge in [-0.3, -0.25) is 14.5 Å². The standard InChI is InChI=1S/C18H19N7O3/c1-11-7-24(17(26)13-6-20-23(2)8-13)10-16(11)25-9-15(21-22-25)14-4-3-12(5-19-14)18(27)28/h3-6,8-9,11,16H,7,10H2,1-2H3,(H,27,28)/t11-,16+/m1/s1. The van der Waals surface area contributed by atoms with Crippen molar-refractivity contribution in [2.45, 2.75) is 13.0 Å². The van der Waals surface area contributed by atoms with Gasteiger partial charge in [-0.15, -0.1) is 5.10 Å². The van der Waals surface area contributed by atoms with Crippen molar-refractivity contribution in [3.8, 4) is 11.4 Å². The van der Waals surface area contributed by atoms with Gasteiger partial charge in [0.25, 0.3) is 5.91 Å². The summed E-state index contributed by atoms with van der Waals surface area (Å²) < 4.78 is 3.36. The Labute approximate surface area is 160 Å². The summed E-state index contributed by atoms with van der Waals surface area (Å²) in [5.41, 5.74) is 1.79. The van der Waals surface area contributed by atoms with E-state index in [1.807, 2.05) is 0 Å². The quantitative estimate of drug-likeness (QED) is 0.719. The largest absolute Gasteiger partial charge is 0.478 e. The van der Waals surface area contributed by atoms with Crippen LogP contribution < -0.4 is 0 Å². The van der Waals surface area contributed by atoms with Gasteiger partial charge in [0, 0.05) is 32.5 Å². The average Bonchev–Trinajstić information content (AvgIpc) is 3.40. The smallest absolute Gasteiger partial charge is 0.337 e. The fraction of sp³-hybridized carbons (Fsp3) is 0.333. The van der Waals surface area contributed by atoms with E-state index in [1.54, 1.807) is 46.0 Å². The zero-order valence-electron chi connectivity index (χ0n) is 15.4. The Hall–Kier alpha value is -3.56. The van der Waals surface area contributed by atoms with E-state index in [2.05, 4.69) is 27.3 Å². The minimum absolute atomic E-state index is 0.000152. The molecule has 1 aliphatic heterocycles. The highest BCUT2D eigenvalue weighted by molar-refractivity contribution is 5.94. The Kier molecular flexibility index (Phi) is 4.38. The molecule has 1 amide bonds. The van der Waals surface area contributed by atoms with E-state index in [1.165, 1.54) is 12.3 Å². The van der Waals surface area contributed by atoms with Crippen LogP contribution in [0.15, 0.2) is 36.9 Å². The van der Waals surface area contributed by atoms with Crippen LogP contribution in [-0.2, 0) is 7.05 Å². The minimum atomic E-state index is -1.03. The predicted molar refractivity (Wildman–Crippen MR) is 97.5 cm³/mol. The molecule has 0 aliphatic carbocycles. The molecule has 1 fully saturated rings. The second-order valence-electron chi connectivity index (χ2n) is 6.98. The monoisotopic (exact) mass is 381 g/mol. The third kappa shape index (κ3) is 3.24. The molecule has 144 valence electrons. The second kappa shape index (κ2) is 6.87. The summed E-state index contributed by atoms with van der Waals surface area (Å²) in [6.07, 6.45) is 6.35. The molecular formula is C18H19N7O3. The fourth-order valence-electron chi connectivity index (χ4n) is 3.40. The Balaban J connectivity index is 1.50. The van der Waals surface area contributed by atoms with Crippen molar-refractivity contribution < 1.29 is 14.7 Å². The number of rotatable bonds is 4. The third-order valence-electron chi connectivity index (χ3n) is 4.93. The van der Waals surface area contributed by atoms with Gasteiger partial charge < -0.3 is 10.0 Å². The average molecular weight is 381 g/mol. The fourth-order valence-corrected chi connectivity index (χ4v) is 3.40. The molecule has 0 spiro atoms. The first-order chi connectivity index (χ1) is 13.4. The zero-order chi connectivity index (χ0) is 19.8. The van der Waals surface area contributed by atoms with E-state index in [0.717, 1.165) is 0 Å². The number of pyridine rings is 1. The molecule has 10 heteroatoms. The normalized spacial score (nSPS) is 19.1. The van der Waals surface area contributed by atoms with Gasteiger partial charge in [0.15, 0.2) is 0 Å². The first kappa shape index (κ1) is 17.8. The maximum absolute atomic E-state index is 12.7. The van der Waals surface area contributed by atoms with Gasteiger partial charge in [-0.1, -0.05) is 12.1 Å². The van der Waals surface area contributed by atoms with E-state index >= 15 is 0 Å². The molecule has 0 aromatic carbocycles. The number of carbonyl (C=O) groups is 2. The number of likely N-dealkylation sites (tertiary alicyclic amines) is 1. The number of carbonyl (C=O) groups excluding carboxylic acids is 1. The van der Waals surface area contributed by atoms with Crippen molar-refractivity contribution in [3.05, 3.63) is 48.0 Å². The molecule has 3 aromatic rings. The van der Waals surface area contributed by atoms with Crippen molar-refractivity contribution >= 4 is 11.9 Å². The number of amides is 1. The maximum atomic E-state index is 12.7. The molecule has 0 radical (unpaired) electrons. The molecule has 28 heavy (non-hydrogen) atoms. The molecule has 1 N–H and O–H groups in total. The summed E-state index contributed by atoms with van der Waals surface area (Å²) in [5.74, 6) is -0.868. The number of hydrogen-bond acceptors (Lipinski definition) is 6. The van der Waals surface area contributed by atoms with E-state index in [-0.39, 0.29) is 23.4 Å². The number of hydrogen-bond donors (Lipinski definition) is 1. The van der Waals surface area contributed by atoms with E-state index in [0.29, 0.717) is 30.0 Å². The summed E-state index contributed by atoms with van der Waals surface area (Å²) in [6.45, 7) is 3.23. The molecular weight excluding hydrogens is 362 g/mol. The highest BCUT2D eigenvalue weighted by atomic mass is 16.4. The number of aromatic carboxylic acids is 1. The second-order valence-corrected chi connectivity index (χ2v) is 6.98. The molecule has 0 bridgehead atoms. The van der Waals surface area contributed by atoms with Crippen molar-refractivity contribution in [2.24, 2.45) is 13.0 Å².